The molecular weight excluding hydrogens is 675 g/mol. The monoisotopic (exact) mass is 728 g/mol. The molecule has 0 amide bonds. The molecule has 3 aliphatic heterocycles. The first-order valence-electron chi connectivity index (χ1n) is 19.0. The second kappa shape index (κ2) is 17.8. The van der Waals surface area contributed by atoms with Crippen molar-refractivity contribution in [2.75, 3.05) is 39.3 Å². The summed E-state index contributed by atoms with van der Waals surface area (Å²) in [5, 5.41) is 39.8. The van der Waals surface area contributed by atoms with Gasteiger partial charge in [-0.3, -0.25) is 14.5 Å². The predicted molar refractivity (Wildman–Crippen MR) is 200 cm³/mol. The van der Waals surface area contributed by atoms with Crippen LogP contribution in [0.1, 0.15) is 52.6 Å². The molecule has 6 rings (SSSR count). The highest BCUT2D eigenvalue weighted by atomic mass is 19.1. The van der Waals surface area contributed by atoms with Gasteiger partial charge in [0, 0.05) is 38.5 Å². The number of nitrogens with zero attached hydrogens (tertiary/aromatic N) is 1. The molecule has 0 aromatic heterocycles. The average Bonchev–Trinajstić information content (AvgIpc) is 3.95. The summed E-state index contributed by atoms with van der Waals surface area (Å²) in [4.78, 5) is 39.0. The van der Waals surface area contributed by atoms with E-state index in [4.69, 9.17) is 0 Å². The number of benzene rings is 3. The molecule has 3 heterocycles. The Morgan fingerprint density at radius 1 is 0.642 bits per heavy atom. The number of rotatable bonds is 18. The highest BCUT2D eigenvalue weighted by Crippen LogP contribution is 2.33. The number of carboxylic acids is 3. The van der Waals surface area contributed by atoms with E-state index in [1.165, 1.54) is 0 Å². The number of nitrogens with one attached hydrogen (secondary N) is 3. The van der Waals surface area contributed by atoms with Crippen molar-refractivity contribution in [1.82, 2.24) is 20.9 Å². The van der Waals surface area contributed by atoms with Crippen molar-refractivity contribution < 1.29 is 34.1 Å². The first kappa shape index (κ1) is 38.6. The van der Waals surface area contributed by atoms with Crippen LogP contribution in [0.4, 0.5) is 4.39 Å². The van der Waals surface area contributed by atoms with Gasteiger partial charge in [-0.1, -0.05) is 72.8 Å². The first-order valence-corrected chi connectivity index (χ1v) is 19.0. The van der Waals surface area contributed by atoms with Gasteiger partial charge in [-0.05, 0) is 110 Å². The predicted octanol–water partition coefficient (Wildman–Crippen LogP) is 4.54. The highest BCUT2D eigenvalue weighted by Gasteiger charge is 2.47. The largest absolute Gasteiger partial charge is 0.481 e. The van der Waals surface area contributed by atoms with E-state index in [0.29, 0.717) is 70.6 Å². The molecule has 3 saturated heterocycles. The van der Waals surface area contributed by atoms with E-state index in [9.17, 15) is 29.7 Å². The summed E-state index contributed by atoms with van der Waals surface area (Å²) >= 11 is 0. The normalized spacial score (nSPS) is 22.4. The van der Waals surface area contributed by atoms with E-state index in [1.807, 2.05) is 54.6 Å². The van der Waals surface area contributed by atoms with Crippen molar-refractivity contribution in [2.24, 2.45) is 29.6 Å². The van der Waals surface area contributed by atoms with Gasteiger partial charge in [-0.25, -0.2) is 9.18 Å². The molecular formula is C42H53FN4O6. The molecule has 6 unspecified atom stereocenters. The Bertz CT molecular complexity index is 1640. The number of halogens is 1. The third kappa shape index (κ3) is 10.1. The number of hydrogen-bond acceptors (Lipinski definition) is 7. The van der Waals surface area contributed by atoms with Crippen molar-refractivity contribution >= 4 is 17.9 Å². The molecule has 6 atom stereocenters. The summed E-state index contributed by atoms with van der Waals surface area (Å²) in [6.07, 6.45) is 2.86. The molecule has 3 aromatic rings. The van der Waals surface area contributed by atoms with Crippen LogP contribution in [0, 0.1) is 29.6 Å². The SMILES string of the molecule is O=C(O)C(Cc1cccc(CN(Cc2cccc(CC(C(=O)O)C3CCNC3)c2)Cc2cccc(CC(F)(C(=O)O)C3CCNC3)c2)c1)C1CCNC1. The van der Waals surface area contributed by atoms with E-state index in [0.717, 1.165) is 53.7 Å². The van der Waals surface area contributed by atoms with E-state index in [1.54, 1.807) is 6.07 Å². The Balaban J connectivity index is 1.24. The summed E-state index contributed by atoms with van der Waals surface area (Å²) in [5.74, 6) is -4.33. The number of hydrogen-bond donors (Lipinski definition) is 6. The van der Waals surface area contributed by atoms with Gasteiger partial charge in [-0.15, -0.1) is 0 Å². The van der Waals surface area contributed by atoms with Gasteiger partial charge in [0.2, 0.25) is 5.67 Å². The zero-order chi connectivity index (χ0) is 37.4. The van der Waals surface area contributed by atoms with Gasteiger partial charge >= 0.3 is 17.9 Å². The second-order valence-electron chi connectivity index (χ2n) is 15.4. The van der Waals surface area contributed by atoms with Gasteiger partial charge in [0.15, 0.2) is 0 Å². The topological polar surface area (TPSA) is 151 Å². The van der Waals surface area contributed by atoms with Crippen LogP contribution in [0.2, 0.25) is 0 Å². The lowest BCUT2D eigenvalue weighted by atomic mass is 9.83. The van der Waals surface area contributed by atoms with Crippen LogP contribution in [0.25, 0.3) is 0 Å². The maximum atomic E-state index is 16.1. The van der Waals surface area contributed by atoms with Gasteiger partial charge in [0.1, 0.15) is 0 Å². The van der Waals surface area contributed by atoms with Crippen molar-refractivity contribution in [3.05, 3.63) is 106 Å². The van der Waals surface area contributed by atoms with Crippen LogP contribution in [0.5, 0.6) is 0 Å². The smallest absolute Gasteiger partial charge is 0.342 e. The summed E-state index contributed by atoms with van der Waals surface area (Å²) < 4.78 is 16.1. The molecule has 0 radical (unpaired) electrons. The molecule has 11 heteroatoms. The average molecular weight is 729 g/mol. The molecule has 3 aromatic carbocycles. The molecule has 0 aliphatic carbocycles. The van der Waals surface area contributed by atoms with Crippen LogP contribution in [-0.4, -0.2) is 83.1 Å². The maximum Gasteiger partial charge on any atom is 0.342 e. The van der Waals surface area contributed by atoms with Crippen LogP contribution in [0.15, 0.2) is 72.8 Å². The fourth-order valence-electron chi connectivity index (χ4n) is 8.69. The van der Waals surface area contributed by atoms with Crippen LogP contribution in [-0.2, 0) is 53.3 Å². The lowest BCUT2D eigenvalue weighted by Crippen LogP contribution is -2.44. The summed E-state index contributed by atoms with van der Waals surface area (Å²) in [6.45, 7) is 5.62. The van der Waals surface area contributed by atoms with Crippen molar-refractivity contribution in [3.8, 4) is 0 Å². The third-order valence-electron chi connectivity index (χ3n) is 11.6. The molecule has 6 N–H and O–H groups in total. The minimum atomic E-state index is -2.37. The van der Waals surface area contributed by atoms with Crippen LogP contribution < -0.4 is 16.0 Å². The molecule has 53 heavy (non-hydrogen) atoms. The lowest BCUT2D eigenvalue weighted by Gasteiger charge is -2.27. The van der Waals surface area contributed by atoms with Crippen LogP contribution >= 0.6 is 0 Å². The van der Waals surface area contributed by atoms with Gasteiger partial charge in [-0.2, -0.15) is 0 Å². The summed E-state index contributed by atoms with van der Waals surface area (Å²) in [6, 6.07) is 23.7. The maximum absolute atomic E-state index is 16.1. The Kier molecular flexibility index (Phi) is 12.9. The Morgan fingerprint density at radius 3 is 1.45 bits per heavy atom. The first-order chi connectivity index (χ1) is 25.6. The Morgan fingerprint density at radius 2 is 1.06 bits per heavy atom. The lowest BCUT2D eigenvalue weighted by molar-refractivity contribution is -0.154. The fraction of sp³-hybridized carbons (Fsp3) is 0.500. The molecule has 0 saturated carbocycles. The number of aliphatic carboxylic acids is 3. The van der Waals surface area contributed by atoms with Crippen molar-refractivity contribution in [3.63, 3.8) is 0 Å². The molecule has 3 aliphatic rings. The minimum absolute atomic E-state index is 0.0898. The third-order valence-corrected chi connectivity index (χ3v) is 11.6. The summed E-state index contributed by atoms with van der Waals surface area (Å²) in [5.41, 5.74) is 3.20. The number of alkyl halides is 1. The van der Waals surface area contributed by atoms with E-state index >= 15 is 4.39 Å². The minimum Gasteiger partial charge on any atom is -0.481 e. The van der Waals surface area contributed by atoms with Crippen molar-refractivity contribution in [1.29, 1.82) is 0 Å². The Labute approximate surface area is 311 Å². The number of carbonyl (C=O) groups is 3. The quantitative estimate of drug-likeness (QED) is 0.110. The fourth-order valence-corrected chi connectivity index (χ4v) is 8.69. The molecule has 0 spiro atoms. The molecule has 3 fully saturated rings. The molecule has 10 nitrogen and oxygen atoms in total. The molecule has 0 bridgehead atoms. The standard InChI is InChI=1S/C42H53FN4O6/c43-42(41(52)53,36-12-15-46-24-36)21-30-6-3-9-33(18-30)27-47(25-31-7-1-4-28(16-31)19-37(39(48)49)34-10-13-44-22-34)26-32-8-2-5-29(17-32)20-38(40(50)51)35-11-14-45-23-35/h1-9,16-18,34-38,44-46H,10-15,19-27H2,(H,48,49)(H,50,51)(H,52,53). The van der Waals surface area contributed by atoms with E-state index in [2.05, 4.69) is 33.0 Å². The van der Waals surface area contributed by atoms with Gasteiger partial charge in [0.25, 0.3) is 0 Å². The zero-order valence-electron chi connectivity index (χ0n) is 30.3. The number of carboxylic acid groups (broad SMARTS) is 3. The molecule has 284 valence electrons. The Hall–Kier alpha value is -4.16. The van der Waals surface area contributed by atoms with Gasteiger partial charge < -0.3 is 31.3 Å². The van der Waals surface area contributed by atoms with Crippen molar-refractivity contribution in [2.45, 2.75) is 63.8 Å². The van der Waals surface area contributed by atoms with E-state index in [-0.39, 0.29) is 18.3 Å². The zero-order valence-corrected chi connectivity index (χ0v) is 30.3. The highest BCUT2D eigenvalue weighted by molar-refractivity contribution is 5.78. The second-order valence-corrected chi connectivity index (χ2v) is 15.4. The summed E-state index contributed by atoms with van der Waals surface area (Å²) in [7, 11) is 0. The van der Waals surface area contributed by atoms with E-state index < -0.39 is 41.3 Å². The van der Waals surface area contributed by atoms with Crippen LogP contribution in [0.3, 0.4) is 0 Å². The van der Waals surface area contributed by atoms with Gasteiger partial charge in [0.05, 0.1) is 11.8 Å².